The molecule has 1 heterocycles. The highest BCUT2D eigenvalue weighted by Crippen LogP contribution is 2.08. The van der Waals surface area contributed by atoms with Crippen LogP contribution in [0.2, 0.25) is 5.15 Å². The van der Waals surface area contributed by atoms with E-state index >= 15 is 0 Å². The molecule has 5 nitrogen and oxygen atoms in total. The molecule has 1 aromatic rings. The molecule has 0 bridgehead atoms. The molecule has 0 fully saturated rings. The summed E-state index contributed by atoms with van der Waals surface area (Å²) in [5.74, 6) is -0.801. The second kappa shape index (κ2) is 3.15. The largest absolute Gasteiger partial charge is 0.364 e. The predicted molar refractivity (Wildman–Crippen MR) is 40.3 cm³/mol. The Morgan fingerprint density at radius 2 is 2.42 bits per heavy atom. The lowest BCUT2D eigenvalue weighted by atomic mass is 10.4. The van der Waals surface area contributed by atoms with Gasteiger partial charge >= 0.3 is 0 Å². The van der Waals surface area contributed by atoms with Gasteiger partial charge < -0.3 is 5.73 Å². The summed E-state index contributed by atoms with van der Waals surface area (Å²) >= 11 is 5.46. The van der Waals surface area contributed by atoms with Gasteiger partial charge in [-0.15, -0.1) is 0 Å². The van der Waals surface area contributed by atoms with Crippen molar-refractivity contribution in [2.75, 3.05) is 0 Å². The van der Waals surface area contributed by atoms with E-state index in [0.29, 0.717) is 0 Å². The SMILES string of the molecule is N#Cc1cnc(Cl)c(C(N)=O)n1. The predicted octanol–water partition coefficient (Wildman–Crippen LogP) is 0.101. The second-order valence-corrected chi connectivity index (χ2v) is 2.23. The number of nitriles is 1. The van der Waals surface area contributed by atoms with Gasteiger partial charge in [-0.2, -0.15) is 5.26 Å². The third-order valence-corrected chi connectivity index (χ3v) is 1.35. The Kier molecular flexibility index (Phi) is 2.21. The fourth-order valence-corrected chi connectivity index (χ4v) is 0.769. The number of aromatic nitrogens is 2. The lowest BCUT2D eigenvalue weighted by molar-refractivity contribution is 0.0995. The second-order valence-electron chi connectivity index (χ2n) is 1.87. The average molecular weight is 183 g/mol. The minimum atomic E-state index is -0.801. The Balaban J connectivity index is 3.28. The van der Waals surface area contributed by atoms with E-state index in [4.69, 9.17) is 22.6 Å². The number of amides is 1. The molecule has 60 valence electrons. The van der Waals surface area contributed by atoms with Crippen LogP contribution in [0.4, 0.5) is 0 Å². The topological polar surface area (TPSA) is 92.7 Å². The first-order chi connectivity index (χ1) is 5.65. The minimum Gasteiger partial charge on any atom is -0.364 e. The monoisotopic (exact) mass is 182 g/mol. The molecular weight excluding hydrogens is 180 g/mol. The molecule has 12 heavy (non-hydrogen) atoms. The zero-order valence-corrected chi connectivity index (χ0v) is 6.54. The summed E-state index contributed by atoms with van der Waals surface area (Å²) in [5, 5.41) is 8.29. The average Bonchev–Trinajstić information content (AvgIpc) is 2.05. The number of rotatable bonds is 1. The van der Waals surface area contributed by atoms with Crippen LogP contribution in [0.3, 0.4) is 0 Å². The van der Waals surface area contributed by atoms with Crippen LogP contribution in [-0.4, -0.2) is 15.9 Å². The van der Waals surface area contributed by atoms with Crippen molar-refractivity contribution >= 4 is 17.5 Å². The van der Waals surface area contributed by atoms with Crippen molar-refractivity contribution < 1.29 is 4.79 Å². The molecule has 1 aromatic heterocycles. The number of nitrogens with zero attached hydrogens (tertiary/aromatic N) is 3. The Bertz CT molecular complexity index is 370. The third kappa shape index (κ3) is 1.49. The standard InChI is InChI=1S/C6H3ClN4O/c7-5-4(6(9)12)11-3(1-8)2-10-5/h2H,(H2,9,12). The molecule has 0 radical (unpaired) electrons. The van der Waals surface area contributed by atoms with Gasteiger partial charge in [0, 0.05) is 0 Å². The highest BCUT2D eigenvalue weighted by Gasteiger charge is 2.10. The maximum Gasteiger partial charge on any atom is 0.270 e. The number of nitrogens with two attached hydrogens (primary N) is 1. The van der Waals surface area contributed by atoms with E-state index in [-0.39, 0.29) is 16.5 Å². The van der Waals surface area contributed by atoms with E-state index in [1.807, 2.05) is 0 Å². The van der Waals surface area contributed by atoms with Crippen molar-refractivity contribution in [2.45, 2.75) is 0 Å². The van der Waals surface area contributed by atoms with Crippen molar-refractivity contribution in [1.29, 1.82) is 5.26 Å². The first-order valence-electron chi connectivity index (χ1n) is 2.87. The van der Waals surface area contributed by atoms with Gasteiger partial charge in [-0.25, -0.2) is 9.97 Å². The van der Waals surface area contributed by atoms with Gasteiger partial charge in [-0.1, -0.05) is 11.6 Å². The quantitative estimate of drug-likeness (QED) is 0.667. The van der Waals surface area contributed by atoms with Crippen LogP contribution >= 0.6 is 11.6 Å². The maximum atomic E-state index is 10.6. The Morgan fingerprint density at radius 3 is 2.92 bits per heavy atom. The molecule has 0 saturated heterocycles. The van der Waals surface area contributed by atoms with Crippen LogP contribution in [0.5, 0.6) is 0 Å². The van der Waals surface area contributed by atoms with E-state index in [1.165, 1.54) is 0 Å². The fraction of sp³-hybridized carbons (Fsp3) is 0. The molecule has 0 aliphatic heterocycles. The van der Waals surface area contributed by atoms with Crippen molar-refractivity contribution in [3.63, 3.8) is 0 Å². The molecule has 0 aliphatic carbocycles. The van der Waals surface area contributed by atoms with Gasteiger partial charge in [-0.05, 0) is 0 Å². The molecule has 6 heteroatoms. The number of carbonyl (C=O) groups excluding carboxylic acids is 1. The number of primary amides is 1. The van der Waals surface area contributed by atoms with E-state index < -0.39 is 5.91 Å². The molecule has 1 amide bonds. The van der Waals surface area contributed by atoms with Crippen LogP contribution in [0, 0.1) is 11.3 Å². The zero-order chi connectivity index (χ0) is 9.14. The Hall–Kier alpha value is -1.67. The summed E-state index contributed by atoms with van der Waals surface area (Å²) in [6, 6.07) is 1.71. The van der Waals surface area contributed by atoms with Gasteiger partial charge in [0.1, 0.15) is 6.07 Å². The lowest BCUT2D eigenvalue weighted by Crippen LogP contribution is -2.15. The Labute approximate surface area is 72.8 Å². The third-order valence-electron chi connectivity index (χ3n) is 1.08. The normalized spacial score (nSPS) is 9.00. The van der Waals surface area contributed by atoms with Crippen LogP contribution in [0.15, 0.2) is 6.20 Å². The summed E-state index contributed by atoms with van der Waals surface area (Å²) in [6.45, 7) is 0. The van der Waals surface area contributed by atoms with Gasteiger partial charge in [0.2, 0.25) is 0 Å². The maximum absolute atomic E-state index is 10.6. The smallest absolute Gasteiger partial charge is 0.270 e. The minimum absolute atomic E-state index is 0.00759. The first kappa shape index (κ1) is 8.43. The van der Waals surface area contributed by atoms with Crippen LogP contribution in [0.1, 0.15) is 16.2 Å². The van der Waals surface area contributed by atoms with Crippen LogP contribution < -0.4 is 5.73 Å². The van der Waals surface area contributed by atoms with E-state index in [2.05, 4.69) is 9.97 Å². The molecule has 1 rings (SSSR count). The number of halogens is 1. The molecule has 0 aliphatic rings. The fourth-order valence-electron chi connectivity index (χ4n) is 0.585. The molecule has 0 aromatic carbocycles. The highest BCUT2D eigenvalue weighted by atomic mass is 35.5. The summed E-state index contributed by atoms with van der Waals surface area (Å²) in [6.07, 6.45) is 1.16. The highest BCUT2D eigenvalue weighted by molar-refractivity contribution is 6.32. The van der Waals surface area contributed by atoms with Crippen molar-refractivity contribution in [3.8, 4) is 6.07 Å². The summed E-state index contributed by atoms with van der Waals surface area (Å²) in [4.78, 5) is 17.7. The number of carbonyl (C=O) groups is 1. The van der Waals surface area contributed by atoms with Crippen LogP contribution in [-0.2, 0) is 0 Å². The van der Waals surface area contributed by atoms with Gasteiger partial charge in [0.25, 0.3) is 5.91 Å². The summed E-state index contributed by atoms with van der Waals surface area (Å²) in [5.41, 5.74) is 4.73. The van der Waals surface area contributed by atoms with Gasteiger partial charge in [-0.3, -0.25) is 4.79 Å². The lowest BCUT2D eigenvalue weighted by Gasteiger charge is -1.96. The van der Waals surface area contributed by atoms with E-state index in [1.54, 1.807) is 6.07 Å². The summed E-state index contributed by atoms with van der Waals surface area (Å²) in [7, 11) is 0. The first-order valence-corrected chi connectivity index (χ1v) is 3.25. The molecule has 0 atom stereocenters. The molecule has 0 unspecified atom stereocenters. The molecular formula is C6H3ClN4O. The van der Waals surface area contributed by atoms with E-state index in [9.17, 15) is 4.79 Å². The van der Waals surface area contributed by atoms with Gasteiger partial charge in [0.15, 0.2) is 16.5 Å². The molecule has 0 saturated carbocycles. The van der Waals surface area contributed by atoms with Crippen molar-refractivity contribution in [2.24, 2.45) is 5.73 Å². The van der Waals surface area contributed by atoms with Crippen molar-refractivity contribution in [1.82, 2.24) is 9.97 Å². The number of hydrogen-bond acceptors (Lipinski definition) is 4. The Morgan fingerprint density at radius 1 is 1.75 bits per heavy atom. The molecule has 2 N–H and O–H groups in total. The molecule has 0 spiro atoms. The summed E-state index contributed by atoms with van der Waals surface area (Å²) < 4.78 is 0. The van der Waals surface area contributed by atoms with Crippen molar-refractivity contribution in [3.05, 3.63) is 22.7 Å². The van der Waals surface area contributed by atoms with Gasteiger partial charge in [0.05, 0.1) is 6.20 Å². The van der Waals surface area contributed by atoms with Crippen LogP contribution in [0.25, 0.3) is 0 Å². The van der Waals surface area contributed by atoms with E-state index in [0.717, 1.165) is 6.20 Å². The zero-order valence-electron chi connectivity index (χ0n) is 5.78. The number of hydrogen-bond donors (Lipinski definition) is 1.